The molecular weight excluding hydrogens is 549 g/mol. The molecule has 9 nitrogen and oxygen atoms in total. The van der Waals surface area contributed by atoms with Crippen LogP contribution in [-0.4, -0.2) is 57.1 Å². The van der Waals surface area contributed by atoms with Gasteiger partial charge in [-0.2, -0.15) is 26.3 Å². The van der Waals surface area contributed by atoms with E-state index in [1.54, 1.807) is 0 Å². The number of alkyl halides is 6. The van der Waals surface area contributed by atoms with Gasteiger partial charge >= 0.3 is 20.2 Å². The van der Waals surface area contributed by atoms with Gasteiger partial charge in [-0.1, -0.05) is 11.6 Å². The minimum absolute atomic E-state index is 0.00422. The molecule has 0 aliphatic rings. The van der Waals surface area contributed by atoms with Gasteiger partial charge in [0.1, 0.15) is 0 Å². The number of hydrogen-bond acceptors (Lipinski definition) is 5. The van der Waals surface area contributed by atoms with Crippen molar-refractivity contribution in [3.05, 3.63) is 58.1 Å². The molecule has 6 N–H and O–H groups in total. The van der Waals surface area contributed by atoms with Crippen LogP contribution in [0.4, 0.5) is 37.7 Å². The molecule has 0 spiro atoms. The van der Waals surface area contributed by atoms with Crippen LogP contribution < -0.4 is 10.2 Å². The molecule has 0 bridgehead atoms. The predicted octanol–water partition coefficient (Wildman–Crippen LogP) is 3.49. The third-order valence-corrected chi connectivity index (χ3v) is 4.36. The Morgan fingerprint density at radius 1 is 0.889 bits per heavy atom. The van der Waals surface area contributed by atoms with E-state index in [9.17, 15) is 41.4 Å². The Balaban J connectivity index is 0.00000118. The second-order valence-electron chi connectivity index (χ2n) is 6.86. The fourth-order valence-electron chi connectivity index (χ4n) is 2.79. The Kier molecular flexibility index (Phi) is 11.2. The minimum Gasteiger partial charge on any atom is -0.395 e. The lowest BCUT2D eigenvalue weighted by atomic mass is 10.1. The van der Waals surface area contributed by atoms with E-state index >= 15 is 0 Å². The molecule has 0 heterocycles. The van der Waals surface area contributed by atoms with E-state index in [1.807, 2.05) is 5.32 Å². The predicted molar refractivity (Wildman–Crippen MR) is 116 cm³/mol. The van der Waals surface area contributed by atoms with Gasteiger partial charge in [-0.05, 0) is 36.4 Å². The lowest BCUT2D eigenvalue weighted by Gasteiger charge is -2.25. The summed E-state index contributed by atoms with van der Waals surface area (Å²) in [7, 11) is -4.64. The van der Waals surface area contributed by atoms with Crippen molar-refractivity contribution < 1.29 is 60.6 Å². The molecule has 1 amide bonds. The Hall–Kier alpha value is -2.39. The average molecular weight is 569 g/mol. The van der Waals surface area contributed by atoms with Gasteiger partial charge in [-0.3, -0.25) is 4.79 Å². The third-order valence-electron chi connectivity index (χ3n) is 4.13. The quantitative estimate of drug-likeness (QED) is 0.219. The summed E-state index contributed by atoms with van der Waals surface area (Å²) in [5.74, 6) is -1.02. The molecule has 0 unspecified atom stereocenters. The van der Waals surface area contributed by atoms with Gasteiger partial charge in [0.15, 0.2) is 0 Å². The average Bonchev–Trinajstić information content (AvgIpc) is 2.71. The lowest BCUT2D eigenvalue weighted by molar-refractivity contribution is -0.143. The molecule has 0 aliphatic carbocycles. The highest BCUT2D eigenvalue weighted by atomic mass is 35.5. The zero-order valence-corrected chi connectivity index (χ0v) is 19.5. The van der Waals surface area contributed by atoms with Gasteiger partial charge in [0.2, 0.25) is 0 Å². The van der Waals surface area contributed by atoms with Crippen molar-refractivity contribution in [1.29, 1.82) is 0 Å². The fourth-order valence-corrected chi connectivity index (χ4v) is 2.96. The van der Waals surface area contributed by atoms with Gasteiger partial charge in [0.25, 0.3) is 5.91 Å². The van der Waals surface area contributed by atoms with Crippen molar-refractivity contribution >= 4 is 36.7 Å². The normalized spacial score (nSPS) is 12.0. The van der Waals surface area contributed by atoms with Gasteiger partial charge in [-0.15, -0.1) is 0 Å². The van der Waals surface area contributed by atoms with Crippen LogP contribution in [0, 0.1) is 0 Å². The molecule has 17 heteroatoms. The van der Waals surface area contributed by atoms with E-state index in [0.717, 1.165) is 0 Å². The SMILES string of the molecule is O=C(Nc1cc(C(F)(F)F)cc(C(F)(F)F)c1)c1cc(Cl)ccc1N(CCO)CCO.O=P(O)(O)O. The minimum atomic E-state index is -5.07. The first-order valence-corrected chi connectivity index (χ1v) is 11.5. The summed E-state index contributed by atoms with van der Waals surface area (Å²) in [4.78, 5) is 35.7. The summed E-state index contributed by atoms with van der Waals surface area (Å²) in [5, 5.41) is 20.5. The number of hydrogen-bond donors (Lipinski definition) is 6. The molecule has 2 aromatic rings. The van der Waals surface area contributed by atoms with Crippen molar-refractivity contribution in [1.82, 2.24) is 0 Å². The maximum Gasteiger partial charge on any atom is 0.466 e. The molecule has 0 aromatic heterocycles. The van der Waals surface area contributed by atoms with E-state index in [4.69, 9.17) is 30.8 Å². The number of halogens is 7. The summed E-state index contributed by atoms with van der Waals surface area (Å²) in [6.07, 6.45) is -10.1. The first-order chi connectivity index (χ1) is 16.4. The largest absolute Gasteiger partial charge is 0.466 e. The number of phosphoric acid groups is 1. The van der Waals surface area contributed by atoms with Crippen LogP contribution in [0.25, 0.3) is 0 Å². The first-order valence-electron chi connectivity index (χ1n) is 9.52. The monoisotopic (exact) mass is 568 g/mol. The standard InChI is InChI=1S/C19H17ClF6N2O3.H3O4P/c20-13-1-2-16(28(3-5-29)4-6-30)15(10-13)17(31)27-14-8-11(18(21,22)23)7-12(9-14)19(24,25)26;1-5(2,3)4/h1-2,7-10,29-30H,3-6H2,(H,27,31);(H3,1,2,3,4). The van der Waals surface area contributed by atoms with Crippen LogP contribution in [0.3, 0.4) is 0 Å². The van der Waals surface area contributed by atoms with Gasteiger partial charge in [-0.25, -0.2) is 4.57 Å². The van der Waals surface area contributed by atoms with Crippen molar-refractivity contribution in [2.45, 2.75) is 12.4 Å². The number of aliphatic hydroxyl groups excluding tert-OH is 2. The Labute approximate surface area is 204 Å². The number of aliphatic hydroxyl groups is 2. The number of nitrogens with one attached hydrogen (secondary N) is 1. The molecular formula is C19H20ClF6N2O7P. The van der Waals surface area contributed by atoms with E-state index in [-0.39, 0.29) is 48.6 Å². The Bertz CT molecular complexity index is 1050. The number of rotatable bonds is 7. The van der Waals surface area contributed by atoms with Crippen molar-refractivity contribution in [3.63, 3.8) is 0 Å². The van der Waals surface area contributed by atoms with E-state index < -0.39 is 42.9 Å². The molecule has 0 saturated carbocycles. The number of benzene rings is 2. The number of carbonyl (C=O) groups excluding carboxylic acids is 1. The lowest BCUT2D eigenvalue weighted by Crippen LogP contribution is -2.31. The second kappa shape index (κ2) is 12.7. The van der Waals surface area contributed by atoms with E-state index in [0.29, 0.717) is 12.1 Å². The van der Waals surface area contributed by atoms with Crippen LogP contribution in [0.15, 0.2) is 36.4 Å². The maximum atomic E-state index is 13.0. The third kappa shape index (κ3) is 10.7. The number of amides is 1. The first kappa shape index (κ1) is 31.6. The molecule has 0 saturated heterocycles. The molecule has 0 atom stereocenters. The van der Waals surface area contributed by atoms with E-state index in [1.165, 1.54) is 23.1 Å². The highest BCUT2D eigenvalue weighted by Gasteiger charge is 2.37. The van der Waals surface area contributed by atoms with Gasteiger partial charge in [0, 0.05) is 29.5 Å². The molecule has 0 radical (unpaired) electrons. The number of anilines is 2. The van der Waals surface area contributed by atoms with Crippen LogP contribution in [-0.2, 0) is 16.9 Å². The summed E-state index contributed by atoms with van der Waals surface area (Å²) in [5.41, 5.74) is -3.86. The highest BCUT2D eigenvalue weighted by Crippen LogP contribution is 2.38. The topological polar surface area (TPSA) is 151 Å². The summed E-state index contributed by atoms with van der Waals surface area (Å²) < 4.78 is 87.1. The zero-order valence-electron chi connectivity index (χ0n) is 17.9. The van der Waals surface area contributed by atoms with E-state index in [2.05, 4.69) is 0 Å². The molecule has 2 aromatic carbocycles. The van der Waals surface area contributed by atoms with Crippen molar-refractivity contribution in [3.8, 4) is 0 Å². The van der Waals surface area contributed by atoms with Crippen LogP contribution in [0.5, 0.6) is 0 Å². The van der Waals surface area contributed by atoms with Crippen LogP contribution in [0.1, 0.15) is 21.5 Å². The smallest absolute Gasteiger partial charge is 0.395 e. The summed E-state index contributed by atoms with van der Waals surface area (Å²) in [6, 6.07) is 4.68. The number of carbonyl (C=O) groups is 1. The highest BCUT2D eigenvalue weighted by molar-refractivity contribution is 7.45. The van der Waals surface area contributed by atoms with Crippen molar-refractivity contribution in [2.24, 2.45) is 0 Å². The second-order valence-corrected chi connectivity index (χ2v) is 8.32. The molecule has 0 fully saturated rings. The van der Waals surface area contributed by atoms with Crippen LogP contribution >= 0.6 is 19.4 Å². The maximum absolute atomic E-state index is 13.0. The molecule has 202 valence electrons. The Morgan fingerprint density at radius 2 is 1.33 bits per heavy atom. The van der Waals surface area contributed by atoms with Crippen molar-refractivity contribution in [2.75, 3.05) is 36.5 Å². The molecule has 36 heavy (non-hydrogen) atoms. The van der Waals surface area contributed by atoms with Gasteiger partial charge in [0.05, 0.1) is 29.9 Å². The Morgan fingerprint density at radius 3 is 1.72 bits per heavy atom. The summed E-state index contributed by atoms with van der Waals surface area (Å²) >= 11 is 5.90. The van der Waals surface area contributed by atoms with Crippen LogP contribution in [0.2, 0.25) is 5.02 Å². The summed E-state index contributed by atoms with van der Waals surface area (Å²) in [6.45, 7) is -0.674. The molecule has 0 aliphatic heterocycles. The number of nitrogens with zero attached hydrogens (tertiary/aromatic N) is 1. The molecule has 2 rings (SSSR count). The fraction of sp³-hybridized carbons (Fsp3) is 0.316. The van der Waals surface area contributed by atoms with Gasteiger partial charge < -0.3 is 35.1 Å². The zero-order chi connectivity index (χ0) is 27.9.